The van der Waals surface area contributed by atoms with Crippen LogP contribution in [0.25, 0.3) is 0 Å². The Morgan fingerprint density at radius 1 is 1.00 bits per heavy atom. The lowest BCUT2D eigenvalue weighted by Gasteiger charge is -2.43. The highest BCUT2D eigenvalue weighted by Crippen LogP contribution is 2.33. The van der Waals surface area contributed by atoms with Crippen molar-refractivity contribution in [1.29, 1.82) is 0 Å². The molecule has 1 rings (SSSR count). The quantitative estimate of drug-likeness (QED) is 0.440. The molecular formula is C27H43N3O6. The van der Waals surface area contributed by atoms with E-state index < -0.39 is 41.1 Å². The maximum Gasteiger partial charge on any atom is 0.408 e. The van der Waals surface area contributed by atoms with E-state index in [9.17, 15) is 19.2 Å². The summed E-state index contributed by atoms with van der Waals surface area (Å²) in [6.07, 6.45) is -0.139. The molecule has 1 unspecified atom stereocenters. The average molecular weight is 506 g/mol. The summed E-state index contributed by atoms with van der Waals surface area (Å²) in [4.78, 5) is 52.7. The Morgan fingerprint density at radius 3 is 2.19 bits per heavy atom. The Morgan fingerprint density at radius 2 is 1.64 bits per heavy atom. The zero-order valence-electron chi connectivity index (χ0n) is 23.2. The maximum atomic E-state index is 13.6. The van der Waals surface area contributed by atoms with Crippen molar-refractivity contribution in [2.45, 2.75) is 92.3 Å². The second kappa shape index (κ2) is 13.3. The van der Waals surface area contributed by atoms with E-state index in [-0.39, 0.29) is 26.1 Å². The summed E-state index contributed by atoms with van der Waals surface area (Å²) < 4.78 is 10.2. The number of carbonyl (C=O) groups is 4. The number of amides is 3. The molecule has 0 saturated carbocycles. The van der Waals surface area contributed by atoms with Crippen molar-refractivity contribution >= 4 is 23.9 Å². The predicted octanol–water partition coefficient (Wildman–Crippen LogP) is 3.96. The minimum Gasteiger partial charge on any atom is -0.466 e. The van der Waals surface area contributed by atoms with Crippen LogP contribution in [0.1, 0.15) is 84.0 Å². The number of aryl methyl sites for hydroxylation is 1. The number of nitrogens with zero attached hydrogens (tertiary/aromatic N) is 1. The van der Waals surface area contributed by atoms with Gasteiger partial charge in [0.25, 0.3) is 0 Å². The van der Waals surface area contributed by atoms with Crippen molar-refractivity contribution in [3.05, 3.63) is 34.9 Å². The SMILES string of the molecule is CCOC(=O)CCNC(=O)C(c1cccc(C)c1C)N(C(=O)CNC(=O)OC(C)(C)C)C(C)(C)CC. The van der Waals surface area contributed by atoms with Gasteiger partial charge in [-0.25, -0.2) is 4.79 Å². The molecule has 1 aromatic carbocycles. The lowest BCUT2D eigenvalue weighted by molar-refractivity contribution is -0.147. The van der Waals surface area contributed by atoms with Crippen molar-refractivity contribution in [3.63, 3.8) is 0 Å². The molecule has 0 aliphatic carbocycles. The molecule has 0 aliphatic rings. The molecular weight excluding hydrogens is 462 g/mol. The second-order valence-electron chi connectivity index (χ2n) is 10.3. The third-order valence-electron chi connectivity index (χ3n) is 5.95. The van der Waals surface area contributed by atoms with Gasteiger partial charge in [0.15, 0.2) is 0 Å². The summed E-state index contributed by atoms with van der Waals surface area (Å²) in [5, 5.41) is 5.31. The van der Waals surface area contributed by atoms with Crippen LogP contribution in [0.3, 0.4) is 0 Å². The summed E-state index contributed by atoms with van der Waals surface area (Å²) in [6.45, 7) is 16.4. The maximum absolute atomic E-state index is 13.6. The van der Waals surface area contributed by atoms with Crippen molar-refractivity contribution in [3.8, 4) is 0 Å². The van der Waals surface area contributed by atoms with Gasteiger partial charge < -0.3 is 25.0 Å². The van der Waals surface area contributed by atoms with E-state index in [1.54, 1.807) is 27.7 Å². The topological polar surface area (TPSA) is 114 Å². The second-order valence-corrected chi connectivity index (χ2v) is 10.3. The van der Waals surface area contributed by atoms with Crippen LogP contribution in [0.2, 0.25) is 0 Å². The summed E-state index contributed by atoms with van der Waals surface area (Å²) in [7, 11) is 0. The van der Waals surface area contributed by atoms with E-state index in [2.05, 4.69) is 10.6 Å². The van der Waals surface area contributed by atoms with Gasteiger partial charge in [-0.2, -0.15) is 0 Å². The number of benzene rings is 1. The van der Waals surface area contributed by atoms with E-state index in [1.807, 2.05) is 52.8 Å². The van der Waals surface area contributed by atoms with E-state index in [4.69, 9.17) is 9.47 Å². The Labute approximate surface area is 215 Å². The standard InChI is InChI=1S/C27H43N3O6/c1-10-27(8,9)30(21(31)17-29-25(34)36-26(5,6)7)23(20-14-12-13-18(3)19(20)4)24(33)28-16-15-22(32)35-11-2/h12-14,23H,10-11,15-17H2,1-9H3,(H,28,33)(H,29,34). The van der Waals surface area contributed by atoms with Crippen molar-refractivity contribution < 1.29 is 28.7 Å². The van der Waals surface area contributed by atoms with Crippen LogP contribution in [0.4, 0.5) is 4.79 Å². The van der Waals surface area contributed by atoms with Gasteiger partial charge in [0, 0.05) is 12.1 Å². The van der Waals surface area contributed by atoms with Gasteiger partial charge in [0.2, 0.25) is 11.8 Å². The number of nitrogens with one attached hydrogen (secondary N) is 2. The normalized spacial score (nSPS) is 12.4. The van der Waals surface area contributed by atoms with Gasteiger partial charge in [-0.15, -0.1) is 0 Å². The molecule has 0 saturated heterocycles. The Bertz CT molecular complexity index is 936. The molecule has 0 heterocycles. The van der Waals surface area contributed by atoms with Crippen LogP contribution >= 0.6 is 0 Å². The molecule has 0 bridgehead atoms. The van der Waals surface area contributed by atoms with E-state index in [1.165, 1.54) is 4.90 Å². The van der Waals surface area contributed by atoms with Crippen molar-refractivity contribution in [2.24, 2.45) is 0 Å². The number of hydrogen-bond acceptors (Lipinski definition) is 6. The Kier molecular flexibility index (Phi) is 11.4. The summed E-state index contributed by atoms with van der Waals surface area (Å²) >= 11 is 0. The number of alkyl carbamates (subject to hydrolysis) is 1. The fourth-order valence-corrected chi connectivity index (χ4v) is 3.63. The van der Waals surface area contributed by atoms with E-state index in [0.29, 0.717) is 12.0 Å². The van der Waals surface area contributed by atoms with Gasteiger partial charge in [0.05, 0.1) is 13.0 Å². The van der Waals surface area contributed by atoms with Crippen LogP contribution in [0.15, 0.2) is 18.2 Å². The third kappa shape index (κ3) is 9.17. The van der Waals surface area contributed by atoms with Gasteiger partial charge in [-0.05, 0) is 78.5 Å². The molecule has 202 valence electrons. The minimum atomic E-state index is -0.977. The van der Waals surface area contributed by atoms with Gasteiger partial charge >= 0.3 is 12.1 Å². The average Bonchev–Trinajstić information content (AvgIpc) is 2.76. The Balaban J connectivity index is 3.37. The van der Waals surface area contributed by atoms with Crippen LogP contribution < -0.4 is 10.6 Å². The third-order valence-corrected chi connectivity index (χ3v) is 5.95. The van der Waals surface area contributed by atoms with Crippen molar-refractivity contribution in [1.82, 2.24) is 15.5 Å². The van der Waals surface area contributed by atoms with Crippen LogP contribution in [-0.4, -0.2) is 59.6 Å². The molecule has 2 N–H and O–H groups in total. The van der Waals surface area contributed by atoms with E-state index in [0.717, 1.165) is 11.1 Å². The molecule has 0 aromatic heterocycles. The first-order chi connectivity index (χ1) is 16.6. The van der Waals surface area contributed by atoms with Crippen molar-refractivity contribution in [2.75, 3.05) is 19.7 Å². The first kappa shape index (κ1) is 30.9. The molecule has 0 fully saturated rings. The van der Waals surface area contributed by atoms with Gasteiger partial charge in [0.1, 0.15) is 18.2 Å². The molecule has 9 nitrogen and oxygen atoms in total. The lowest BCUT2D eigenvalue weighted by Crippen LogP contribution is -2.56. The smallest absolute Gasteiger partial charge is 0.408 e. The summed E-state index contributed by atoms with van der Waals surface area (Å²) in [6, 6.07) is 4.63. The highest BCUT2D eigenvalue weighted by atomic mass is 16.6. The van der Waals surface area contributed by atoms with Gasteiger partial charge in [-0.1, -0.05) is 25.1 Å². The monoisotopic (exact) mass is 505 g/mol. The molecule has 1 atom stereocenters. The van der Waals surface area contributed by atoms with Gasteiger partial charge in [-0.3, -0.25) is 14.4 Å². The minimum absolute atomic E-state index is 0.0183. The lowest BCUT2D eigenvalue weighted by atomic mass is 9.90. The summed E-state index contributed by atoms with van der Waals surface area (Å²) in [5.41, 5.74) is 1.09. The predicted molar refractivity (Wildman–Crippen MR) is 138 cm³/mol. The van der Waals surface area contributed by atoms with Crippen LogP contribution in [-0.2, 0) is 23.9 Å². The molecule has 0 aliphatic heterocycles. The largest absolute Gasteiger partial charge is 0.466 e. The number of esters is 1. The number of hydrogen-bond donors (Lipinski definition) is 2. The summed E-state index contributed by atoms with van der Waals surface area (Å²) in [5.74, 6) is -1.26. The molecule has 1 aromatic rings. The fraction of sp³-hybridized carbons (Fsp3) is 0.630. The Hall–Kier alpha value is -3.10. The number of ether oxygens (including phenoxy) is 2. The first-order valence-corrected chi connectivity index (χ1v) is 12.4. The zero-order chi connectivity index (χ0) is 27.7. The van der Waals surface area contributed by atoms with Crippen LogP contribution in [0, 0.1) is 13.8 Å². The number of rotatable bonds is 11. The highest BCUT2D eigenvalue weighted by molar-refractivity contribution is 5.91. The van der Waals surface area contributed by atoms with Crippen LogP contribution in [0.5, 0.6) is 0 Å². The zero-order valence-corrected chi connectivity index (χ0v) is 23.2. The highest BCUT2D eigenvalue weighted by Gasteiger charge is 2.40. The molecule has 0 spiro atoms. The molecule has 0 radical (unpaired) electrons. The molecule has 36 heavy (non-hydrogen) atoms. The number of carbonyl (C=O) groups excluding carboxylic acids is 4. The first-order valence-electron chi connectivity index (χ1n) is 12.4. The molecule has 9 heteroatoms. The van der Waals surface area contributed by atoms with E-state index >= 15 is 0 Å². The fourth-order valence-electron chi connectivity index (χ4n) is 3.63. The molecule has 3 amide bonds.